The summed E-state index contributed by atoms with van der Waals surface area (Å²) in [6, 6.07) is 3.51. The van der Waals surface area contributed by atoms with Crippen molar-refractivity contribution >= 4 is 29.1 Å². The van der Waals surface area contributed by atoms with Gasteiger partial charge in [0, 0.05) is 0 Å². The molecule has 0 unspecified atom stereocenters. The van der Waals surface area contributed by atoms with E-state index in [4.69, 9.17) is 10.5 Å². The van der Waals surface area contributed by atoms with Gasteiger partial charge < -0.3 is 15.8 Å². The number of anilines is 2. The SMILES string of the molecule is Nc1ccc(F)cc1NC(=O)CN1C(=O)COCC1=O. The summed E-state index contributed by atoms with van der Waals surface area (Å²) in [5.74, 6) is -2.40. The van der Waals surface area contributed by atoms with Gasteiger partial charge in [-0.1, -0.05) is 0 Å². The Hall–Kier alpha value is -2.48. The van der Waals surface area contributed by atoms with Crippen molar-refractivity contribution in [1.29, 1.82) is 0 Å². The molecular weight excluding hydrogens is 269 g/mol. The zero-order chi connectivity index (χ0) is 14.7. The number of benzene rings is 1. The summed E-state index contributed by atoms with van der Waals surface area (Å²) in [6.45, 7) is -0.959. The van der Waals surface area contributed by atoms with E-state index in [1.165, 1.54) is 6.07 Å². The predicted molar refractivity (Wildman–Crippen MR) is 67.0 cm³/mol. The quantitative estimate of drug-likeness (QED) is 0.586. The van der Waals surface area contributed by atoms with Gasteiger partial charge in [0.1, 0.15) is 25.6 Å². The molecule has 0 aliphatic carbocycles. The molecule has 1 aromatic rings. The first-order valence-corrected chi connectivity index (χ1v) is 5.73. The normalized spacial score (nSPS) is 15.3. The number of imide groups is 1. The number of nitrogens with zero attached hydrogens (tertiary/aromatic N) is 1. The molecule has 1 aliphatic rings. The Labute approximate surface area is 113 Å². The molecule has 1 aromatic carbocycles. The Morgan fingerprint density at radius 3 is 2.65 bits per heavy atom. The van der Waals surface area contributed by atoms with Gasteiger partial charge in [0.2, 0.25) is 5.91 Å². The smallest absolute Gasteiger partial charge is 0.255 e. The average molecular weight is 281 g/mol. The molecule has 106 valence electrons. The Morgan fingerprint density at radius 1 is 1.35 bits per heavy atom. The van der Waals surface area contributed by atoms with Crippen LogP contribution in [0.2, 0.25) is 0 Å². The van der Waals surface area contributed by atoms with Gasteiger partial charge >= 0.3 is 0 Å². The Kier molecular flexibility index (Phi) is 3.94. The molecule has 1 saturated heterocycles. The highest BCUT2D eigenvalue weighted by molar-refractivity contribution is 6.04. The van der Waals surface area contributed by atoms with E-state index in [9.17, 15) is 18.8 Å². The van der Waals surface area contributed by atoms with E-state index in [0.29, 0.717) is 0 Å². The zero-order valence-electron chi connectivity index (χ0n) is 10.4. The molecule has 8 heteroatoms. The third kappa shape index (κ3) is 3.09. The molecule has 1 aliphatic heterocycles. The minimum absolute atomic E-state index is 0.0863. The molecule has 0 bridgehead atoms. The van der Waals surface area contributed by atoms with Crippen LogP contribution in [0, 0.1) is 5.82 Å². The van der Waals surface area contributed by atoms with Crippen LogP contribution in [0.3, 0.4) is 0 Å². The minimum Gasteiger partial charge on any atom is -0.397 e. The molecule has 3 amide bonds. The second-order valence-electron chi connectivity index (χ2n) is 4.15. The number of hydrogen-bond acceptors (Lipinski definition) is 5. The second kappa shape index (κ2) is 5.66. The topological polar surface area (TPSA) is 102 Å². The van der Waals surface area contributed by atoms with E-state index in [2.05, 4.69) is 5.32 Å². The van der Waals surface area contributed by atoms with Crippen LogP contribution in [0.15, 0.2) is 18.2 Å². The number of carbonyl (C=O) groups excluding carboxylic acids is 3. The summed E-state index contributed by atoms with van der Waals surface area (Å²) in [6.07, 6.45) is 0. The molecule has 7 nitrogen and oxygen atoms in total. The van der Waals surface area contributed by atoms with Gasteiger partial charge in [0.05, 0.1) is 11.4 Å². The number of ether oxygens (including phenoxy) is 1. The number of morpholine rings is 1. The number of amides is 3. The largest absolute Gasteiger partial charge is 0.397 e. The van der Waals surface area contributed by atoms with Crippen LogP contribution >= 0.6 is 0 Å². The van der Waals surface area contributed by atoms with E-state index in [0.717, 1.165) is 17.0 Å². The van der Waals surface area contributed by atoms with Crippen molar-refractivity contribution in [2.24, 2.45) is 0 Å². The van der Waals surface area contributed by atoms with E-state index >= 15 is 0 Å². The fourth-order valence-electron chi connectivity index (χ4n) is 1.67. The highest BCUT2D eigenvalue weighted by Crippen LogP contribution is 2.19. The summed E-state index contributed by atoms with van der Waals surface area (Å²) in [5.41, 5.74) is 5.84. The van der Waals surface area contributed by atoms with Crippen molar-refractivity contribution in [1.82, 2.24) is 4.90 Å². The van der Waals surface area contributed by atoms with Crippen molar-refractivity contribution in [3.05, 3.63) is 24.0 Å². The lowest BCUT2D eigenvalue weighted by molar-refractivity contribution is -0.159. The molecule has 0 saturated carbocycles. The lowest BCUT2D eigenvalue weighted by Gasteiger charge is -2.24. The highest BCUT2D eigenvalue weighted by Gasteiger charge is 2.28. The summed E-state index contributed by atoms with van der Waals surface area (Å²) >= 11 is 0. The van der Waals surface area contributed by atoms with Crippen molar-refractivity contribution in [2.45, 2.75) is 0 Å². The van der Waals surface area contributed by atoms with Crippen LogP contribution in [-0.2, 0) is 19.1 Å². The van der Waals surface area contributed by atoms with E-state index in [1.807, 2.05) is 0 Å². The minimum atomic E-state index is -0.647. The zero-order valence-corrected chi connectivity index (χ0v) is 10.4. The predicted octanol–water partition coefficient (Wildman–Crippen LogP) is -0.268. The van der Waals surface area contributed by atoms with Crippen LogP contribution in [0.25, 0.3) is 0 Å². The number of halogens is 1. The number of nitrogen functional groups attached to an aromatic ring is 1. The van der Waals surface area contributed by atoms with Crippen LogP contribution in [0.5, 0.6) is 0 Å². The summed E-state index contributed by atoms with van der Waals surface area (Å²) in [7, 11) is 0. The fourth-order valence-corrected chi connectivity index (χ4v) is 1.67. The molecular formula is C12H12FN3O4. The van der Waals surface area contributed by atoms with Gasteiger partial charge in [-0.05, 0) is 18.2 Å². The van der Waals surface area contributed by atoms with Gasteiger partial charge in [0.25, 0.3) is 11.8 Å². The molecule has 0 radical (unpaired) electrons. The van der Waals surface area contributed by atoms with Crippen molar-refractivity contribution in [3.8, 4) is 0 Å². The summed E-state index contributed by atoms with van der Waals surface area (Å²) in [4.78, 5) is 35.4. The molecule has 1 heterocycles. The Morgan fingerprint density at radius 2 is 2.00 bits per heavy atom. The van der Waals surface area contributed by atoms with E-state index in [-0.39, 0.29) is 24.6 Å². The highest BCUT2D eigenvalue weighted by atomic mass is 19.1. The summed E-state index contributed by atoms with van der Waals surface area (Å²) in [5, 5.41) is 2.35. The lowest BCUT2D eigenvalue weighted by Crippen LogP contribution is -2.49. The Bertz CT molecular complexity index is 560. The van der Waals surface area contributed by atoms with Crippen LogP contribution in [0.1, 0.15) is 0 Å². The lowest BCUT2D eigenvalue weighted by atomic mass is 10.2. The summed E-state index contributed by atoms with van der Waals surface area (Å²) < 4.78 is 17.8. The van der Waals surface area contributed by atoms with Gasteiger partial charge in [-0.25, -0.2) is 4.39 Å². The van der Waals surface area contributed by atoms with Crippen molar-refractivity contribution in [2.75, 3.05) is 30.8 Å². The number of hydrogen-bond donors (Lipinski definition) is 2. The second-order valence-corrected chi connectivity index (χ2v) is 4.15. The first-order valence-electron chi connectivity index (χ1n) is 5.73. The number of carbonyl (C=O) groups is 3. The first kappa shape index (κ1) is 13.9. The number of rotatable bonds is 3. The van der Waals surface area contributed by atoms with Gasteiger partial charge in [-0.15, -0.1) is 0 Å². The third-order valence-electron chi connectivity index (χ3n) is 2.64. The van der Waals surface area contributed by atoms with Gasteiger partial charge in [0.15, 0.2) is 0 Å². The molecule has 0 aromatic heterocycles. The average Bonchev–Trinajstić information content (AvgIpc) is 2.38. The maximum atomic E-state index is 13.0. The van der Waals surface area contributed by atoms with Crippen molar-refractivity contribution < 1.29 is 23.5 Å². The Balaban J connectivity index is 2.03. The standard InChI is InChI=1S/C12H12FN3O4/c13-7-1-2-8(14)9(3-7)15-10(17)4-16-11(18)5-20-6-12(16)19/h1-3H,4-6,14H2,(H,15,17). The van der Waals surface area contributed by atoms with Crippen LogP contribution in [-0.4, -0.2) is 42.4 Å². The number of nitrogens with one attached hydrogen (secondary N) is 1. The van der Waals surface area contributed by atoms with E-state index < -0.39 is 30.1 Å². The molecule has 0 spiro atoms. The fraction of sp³-hybridized carbons (Fsp3) is 0.250. The monoisotopic (exact) mass is 281 g/mol. The molecule has 2 rings (SSSR count). The van der Waals surface area contributed by atoms with Gasteiger partial charge in [-0.2, -0.15) is 0 Å². The number of nitrogens with two attached hydrogens (primary N) is 1. The third-order valence-corrected chi connectivity index (χ3v) is 2.64. The molecule has 1 fully saturated rings. The van der Waals surface area contributed by atoms with E-state index in [1.54, 1.807) is 0 Å². The van der Waals surface area contributed by atoms with Crippen LogP contribution < -0.4 is 11.1 Å². The molecule has 20 heavy (non-hydrogen) atoms. The molecule has 3 N–H and O–H groups in total. The maximum absolute atomic E-state index is 13.0. The maximum Gasteiger partial charge on any atom is 0.255 e. The molecule has 0 atom stereocenters. The van der Waals surface area contributed by atoms with Crippen molar-refractivity contribution in [3.63, 3.8) is 0 Å². The first-order chi connectivity index (χ1) is 9.47. The van der Waals surface area contributed by atoms with Gasteiger partial charge in [-0.3, -0.25) is 19.3 Å². The van der Waals surface area contributed by atoms with Crippen LogP contribution in [0.4, 0.5) is 15.8 Å².